The van der Waals surface area contributed by atoms with E-state index >= 15 is 0 Å². The van der Waals surface area contributed by atoms with E-state index in [2.05, 4.69) is 16.4 Å². The smallest absolute Gasteiger partial charge is 0.0930 e. The molecule has 0 spiro atoms. The van der Waals surface area contributed by atoms with Crippen LogP contribution in [0.3, 0.4) is 0 Å². The molecule has 0 unspecified atom stereocenters. The van der Waals surface area contributed by atoms with Crippen molar-refractivity contribution in [3.05, 3.63) is 23.8 Å². The van der Waals surface area contributed by atoms with Crippen molar-refractivity contribution in [1.82, 2.24) is 0 Å². The summed E-state index contributed by atoms with van der Waals surface area (Å²) in [6.45, 7) is 0.526. The van der Waals surface area contributed by atoms with Crippen LogP contribution >= 0.6 is 11.9 Å². The Balaban J connectivity index is 2.38. The molecule has 0 atom stereocenters. The molecule has 0 fully saturated rings. The zero-order valence-electron chi connectivity index (χ0n) is 5.14. The van der Waals surface area contributed by atoms with E-state index in [-0.39, 0.29) is 0 Å². The van der Waals surface area contributed by atoms with Crippen molar-refractivity contribution in [2.75, 3.05) is 6.61 Å². The van der Waals surface area contributed by atoms with Crippen molar-refractivity contribution in [3.8, 4) is 0 Å². The van der Waals surface area contributed by atoms with Gasteiger partial charge in [0, 0.05) is 0 Å². The SMILES string of the molecule is ClOCC1=CCCC=C1. The Morgan fingerprint density at radius 1 is 1.56 bits per heavy atom. The molecule has 0 aromatic rings. The summed E-state index contributed by atoms with van der Waals surface area (Å²) >= 11 is 5.06. The highest BCUT2D eigenvalue weighted by Crippen LogP contribution is 2.09. The van der Waals surface area contributed by atoms with Crippen molar-refractivity contribution >= 4 is 11.9 Å². The second kappa shape index (κ2) is 3.70. The molecule has 0 aromatic heterocycles. The Bertz CT molecular complexity index is 138. The second-order valence-corrected chi connectivity index (χ2v) is 2.23. The molecule has 0 aliphatic heterocycles. The minimum Gasteiger partial charge on any atom is -0.274 e. The molecule has 0 amide bonds. The Kier molecular flexibility index (Phi) is 2.81. The van der Waals surface area contributed by atoms with Gasteiger partial charge in [0.05, 0.1) is 18.5 Å². The predicted molar refractivity (Wildman–Crippen MR) is 38.3 cm³/mol. The summed E-state index contributed by atoms with van der Waals surface area (Å²) in [4.78, 5) is 0. The fraction of sp³-hybridized carbons (Fsp3) is 0.429. The number of hydrogen-bond donors (Lipinski definition) is 0. The zero-order valence-corrected chi connectivity index (χ0v) is 5.90. The van der Waals surface area contributed by atoms with Crippen LogP contribution in [-0.2, 0) is 4.29 Å². The average molecular weight is 145 g/mol. The maximum atomic E-state index is 5.06. The second-order valence-electron chi connectivity index (χ2n) is 2.01. The standard InChI is InChI=1S/C7H9ClO/c8-9-6-7-4-2-1-3-5-7/h2,4-5H,1,3,6H2. The highest BCUT2D eigenvalue weighted by molar-refractivity contribution is 6.07. The summed E-state index contributed by atoms with van der Waals surface area (Å²) in [5.74, 6) is 0. The summed E-state index contributed by atoms with van der Waals surface area (Å²) in [6.07, 6.45) is 8.58. The topological polar surface area (TPSA) is 9.23 Å². The molecule has 0 bridgehead atoms. The van der Waals surface area contributed by atoms with E-state index < -0.39 is 0 Å². The normalized spacial score (nSPS) is 17.7. The molecule has 9 heavy (non-hydrogen) atoms. The van der Waals surface area contributed by atoms with E-state index in [0.29, 0.717) is 6.61 Å². The molecular weight excluding hydrogens is 136 g/mol. The van der Waals surface area contributed by atoms with Gasteiger partial charge in [0.2, 0.25) is 0 Å². The maximum absolute atomic E-state index is 5.06. The first-order valence-corrected chi connectivity index (χ1v) is 3.33. The van der Waals surface area contributed by atoms with Crippen LogP contribution < -0.4 is 0 Å². The van der Waals surface area contributed by atoms with Crippen molar-refractivity contribution in [3.63, 3.8) is 0 Å². The van der Waals surface area contributed by atoms with Gasteiger partial charge in [0.1, 0.15) is 0 Å². The molecule has 1 aliphatic rings. The van der Waals surface area contributed by atoms with Gasteiger partial charge in [-0.15, -0.1) is 0 Å². The summed E-state index contributed by atoms with van der Waals surface area (Å²) in [5, 5.41) is 0. The summed E-state index contributed by atoms with van der Waals surface area (Å²) in [6, 6.07) is 0. The fourth-order valence-corrected chi connectivity index (χ4v) is 0.964. The van der Waals surface area contributed by atoms with Gasteiger partial charge in [-0.25, -0.2) is 0 Å². The van der Waals surface area contributed by atoms with E-state index in [0.717, 1.165) is 12.8 Å². The van der Waals surface area contributed by atoms with Gasteiger partial charge < -0.3 is 0 Å². The third-order valence-electron chi connectivity index (χ3n) is 1.29. The number of rotatable bonds is 2. The molecule has 2 heteroatoms. The summed E-state index contributed by atoms with van der Waals surface area (Å²) in [5.41, 5.74) is 1.18. The Labute approximate surface area is 60.1 Å². The van der Waals surface area contributed by atoms with Gasteiger partial charge in [-0.05, 0) is 18.4 Å². The molecule has 0 heterocycles. The first-order valence-electron chi connectivity index (χ1n) is 3.02. The lowest BCUT2D eigenvalue weighted by molar-refractivity contribution is 0.394. The Morgan fingerprint density at radius 2 is 2.44 bits per heavy atom. The van der Waals surface area contributed by atoms with Gasteiger partial charge in [0.25, 0.3) is 0 Å². The van der Waals surface area contributed by atoms with Crippen LogP contribution in [0.1, 0.15) is 12.8 Å². The van der Waals surface area contributed by atoms with E-state index in [1.165, 1.54) is 5.57 Å². The van der Waals surface area contributed by atoms with E-state index in [1.807, 2.05) is 6.08 Å². The highest BCUT2D eigenvalue weighted by atomic mass is 35.5. The number of allylic oxidation sites excluding steroid dienone is 2. The first kappa shape index (κ1) is 6.84. The molecule has 0 saturated carbocycles. The van der Waals surface area contributed by atoms with E-state index in [4.69, 9.17) is 11.9 Å². The average Bonchev–Trinajstić information content (AvgIpc) is 1.91. The molecule has 50 valence electrons. The van der Waals surface area contributed by atoms with Gasteiger partial charge in [0.15, 0.2) is 0 Å². The first-order chi connectivity index (χ1) is 4.43. The Morgan fingerprint density at radius 3 is 3.00 bits per heavy atom. The molecule has 0 radical (unpaired) electrons. The predicted octanol–water partition coefficient (Wildman–Crippen LogP) is 2.43. The quantitative estimate of drug-likeness (QED) is 0.579. The monoisotopic (exact) mass is 144 g/mol. The van der Waals surface area contributed by atoms with Crippen LogP contribution in [0.4, 0.5) is 0 Å². The van der Waals surface area contributed by atoms with Crippen LogP contribution in [0.25, 0.3) is 0 Å². The van der Waals surface area contributed by atoms with E-state index in [9.17, 15) is 0 Å². The molecule has 1 rings (SSSR count). The zero-order chi connectivity index (χ0) is 6.53. The number of hydrogen-bond acceptors (Lipinski definition) is 1. The number of halogens is 1. The molecular formula is C7H9ClO. The molecule has 0 aromatic carbocycles. The third-order valence-corrected chi connectivity index (χ3v) is 1.40. The van der Waals surface area contributed by atoms with E-state index in [1.54, 1.807) is 0 Å². The van der Waals surface area contributed by atoms with Crippen LogP contribution in [0, 0.1) is 0 Å². The van der Waals surface area contributed by atoms with Gasteiger partial charge >= 0.3 is 0 Å². The molecule has 0 saturated heterocycles. The summed E-state index contributed by atoms with van der Waals surface area (Å²) < 4.78 is 4.43. The van der Waals surface area contributed by atoms with Crippen molar-refractivity contribution in [1.29, 1.82) is 0 Å². The van der Waals surface area contributed by atoms with Crippen LogP contribution in [-0.4, -0.2) is 6.61 Å². The lowest BCUT2D eigenvalue weighted by Gasteiger charge is -2.02. The largest absolute Gasteiger partial charge is 0.274 e. The van der Waals surface area contributed by atoms with Gasteiger partial charge in [-0.2, -0.15) is 0 Å². The fourth-order valence-electron chi connectivity index (χ4n) is 0.838. The van der Waals surface area contributed by atoms with Crippen molar-refractivity contribution in [2.45, 2.75) is 12.8 Å². The maximum Gasteiger partial charge on any atom is 0.0930 e. The minimum absolute atomic E-state index is 0.526. The molecule has 1 nitrogen and oxygen atoms in total. The van der Waals surface area contributed by atoms with Gasteiger partial charge in [-0.3, -0.25) is 4.29 Å². The lowest BCUT2D eigenvalue weighted by Crippen LogP contribution is -1.90. The lowest BCUT2D eigenvalue weighted by atomic mass is 10.1. The third kappa shape index (κ3) is 2.20. The van der Waals surface area contributed by atoms with Crippen LogP contribution in [0.5, 0.6) is 0 Å². The van der Waals surface area contributed by atoms with Crippen LogP contribution in [0.2, 0.25) is 0 Å². The minimum atomic E-state index is 0.526. The van der Waals surface area contributed by atoms with Crippen molar-refractivity contribution < 1.29 is 4.29 Å². The summed E-state index contributed by atoms with van der Waals surface area (Å²) in [7, 11) is 0. The molecule has 1 aliphatic carbocycles. The Hall–Kier alpha value is -0.270. The van der Waals surface area contributed by atoms with Gasteiger partial charge in [-0.1, -0.05) is 18.2 Å². The highest BCUT2D eigenvalue weighted by Gasteiger charge is 1.94. The molecule has 0 N–H and O–H groups in total. The van der Waals surface area contributed by atoms with Crippen LogP contribution in [0.15, 0.2) is 23.8 Å². The van der Waals surface area contributed by atoms with Crippen molar-refractivity contribution in [2.24, 2.45) is 0 Å².